The smallest absolute Gasteiger partial charge is 0.406 e. The van der Waals surface area contributed by atoms with Crippen LogP contribution in [0, 0.1) is 15.5 Å². The van der Waals surface area contributed by atoms with Crippen molar-refractivity contribution in [2.75, 3.05) is 11.9 Å². The highest BCUT2D eigenvalue weighted by Crippen LogP contribution is 2.36. The Hall–Kier alpha value is -2.12. The third kappa shape index (κ3) is 3.14. The van der Waals surface area contributed by atoms with E-state index >= 15 is 0 Å². The molecule has 1 aromatic heterocycles. The van der Waals surface area contributed by atoms with Gasteiger partial charge in [0.2, 0.25) is 12.1 Å². The average Bonchev–Trinajstić information content (AvgIpc) is 2.65. The van der Waals surface area contributed by atoms with Gasteiger partial charge in [-0.2, -0.15) is 0 Å². The van der Waals surface area contributed by atoms with Crippen molar-refractivity contribution in [1.29, 1.82) is 0 Å². The average molecular weight is 296 g/mol. The molecular weight excluding hydrogens is 276 g/mol. The Morgan fingerprint density at radius 1 is 1.48 bits per heavy atom. The molecule has 2 rings (SSSR count). The van der Waals surface area contributed by atoms with Gasteiger partial charge in [-0.15, -0.1) is 0 Å². The monoisotopic (exact) mass is 296 g/mol. The van der Waals surface area contributed by atoms with Crippen molar-refractivity contribution in [2.24, 2.45) is 12.5 Å². The Morgan fingerprint density at radius 3 is 2.62 bits per heavy atom. The fraction of sp³-hybridized carbons (Fsp3) is 0.692. The van der Waals surface area contributed by atoms with E-state index in [4.69, 9.17) is 0 Å². The minimum absolute atomic E-state index is 0.183. The summed E-state index contributed by atoms with van der Waals surface area (Å²) < 4.78 is 1.50. The van der Waals surface area contributed by atoms with Crippen LogP contribution >= 0.6 is 0 Å². The zero-order chi connectivity index (χ0) is 15.5. The van der Waals surface area contributed by atoms with Crippen molar-refractivity contribution < 1.29 is 14.8 Å². The number of hydrogen-bond donors (Lipinski definition) is 2. The summed E-state index contributed by atoms with van der Waals surface area (Å²) in [5, 5.41) is 23.5. The first-order chi connectivity index (χ1) is 9.96. The minimum Gasteiger partial charge on any atom is -0.481 e. The molecule has 2 N–H and O–H groups in total. The molecule has 0 radical (unpaired) electrons. The molecule has 0 aromatic carbocycles. The number of aromatic nitrogens is 2. The number of carboxylic acid groups (broad SMARTS) is 1. The Kier molecular flexibility index (Phi) is 4.44. The predicted molar refractivity (Wildman–Crippen MR) is 76.1 cm³/mol. The van der Waals surface area contributed by atoms with E-state index in [9.17, 15) is 20.0 Å². The minimum atomic E-state index is -0.853. The molecule has 8 nitrogen and oxygen atoms in total. The third-order valence-electron chi connectivity index (χ3n) is 4.20. The second kappa shape index (κ2) is 6.11. The Bertz CT molecular complexity index is 532. The molecule has 8 heteroatoms. The highest BCUT2D eigenvalue weighted by molar-refractivity contribution is 5.75. The summed E-state index contributed by atoms with van der Waals surface area (Å²) in [7, 11) is 1.64. The Labute approximate surface area is 122 Å². The molecule has 1 heterocycles. The van der Waals surface area contributed by atoms with Crippen LogP contribution in [0.3, 0.4) is 0 Å². The topological polar surface area (TPSA) is 110 Å². The van der Waals surface area contributed by atoms with Crippen molar-refractivity contribution >= 4 is 17.6 Å². The standard InChI is InChI=1S/C13H20N4O4/c1-16-9-15-11(17(20)21)10(16)14-8-13(12(18)19)6-4-2-3-5-7-13/h9,14H,2-8H2,1H3,(H,18,19). The first-order valence-electron chi connectivity index (χ1n) is 7.09. The van der Waals surface area contributed by atoms with Crippen molar-refractivity contribution in [3.8, 4) is 0 Å². The predicted octanol–water partition coefficient (Wildman–Crippen LogP) is 2.17. The highest BCUT2D eigenvalue weighted by atomic mass is 16.6. The number of nitro groups is 1. The number of rotatable bonds is 5. The van der Waals surface area contributed by atoms with Crippen LogP contribution in [0.1, 0.15) is 38.5 Å². The van der Waals surface area contributed by atoms with Crippen molar-refractivity contribution in [1.82, 2.24) is 9.55 Å². The summed E-state index contributed by atoms with van der Waals surface area (Å²) >= 11 is 0. The zero-order valence-corrected chi connectivity index (χ0v) is 12.0. The van der Waals surface area contributed by atoms with Crippen molar-refractivity contribution in [2.45, 2.75) is 38.5 Å². The van der Waals surface area contributed by atoms with Gasteiger partial charge in [0.15, 0.2) is 0 Å². The van der Waals surface area contributed by atoms with Gasteiger partial charge in [-0.3, -0.25) is 9.36 Å². The lowest BCUT2D eigenvalue weighted by Gasteiger charge is -2.28. The first kappa shape index (κ1) is 15.3. The third-order valence-corrected chi connectivity index (χ3v) is 4.20. The van der Waals surface area contributed by atoms with Crippen molar-refractivity contribution in [3.63, 3.8) is 0 Å². The normalized spacial score (nSPS) is 18.0. The number of aliphatic carboxylic acids is 1. The molecule has 1 saturated carbocycles. The van der Waals surface area contributed by atoms with Crippen LogP contribution in [0.15, 0.2) is 6.33 Å². The molecular formula is C13H20N4O4. The number of aryl methyl sites for hydroxylation is 1. The van der Waals surface area contributed by atoms with Crippen LogP contribution in [0.25, 0.3) is 0 Å². The summed E-state index contributed by atoms with van der Waals surface area (Å²) in [6.07, 6.45) is 6.38. The quantitative estimate of drug-likeness (QED) is 0.489. The maximum Gasteiger partial charge on any atom is 0.406 e. The van der Waals surface area contributed by atoms with Gasteiger partial charge in [0, 0.05) is 13.6 Å². The van der Waals surface area contributed by atoms with E-state index < -0.39 is 16.3 Å². The molecule has 0 spiro atoms. The van der Waals surface area contributed by atoms with Crippen LogP contribution in [0.5, 0.6) is 0 Å². The zero-order valence-electron chi connectivity index (χ0n) is 12.0. The highest BCUT2D eigenvalue weighted by Gasteiger charge is 2.39. The molecule has 0 aliphatic heterocycles. The van der Waals surface area contributed by atoms with Gasteiger partial charge in [-0.1, -0.05) is 25.7 Å². The maximum atomic E-state index is 11.7. The molecule has 1 aliphatic rings. The summed E-state index contributed by atoms with van der Waals surface area (Å²) in [5.74, 6) is -0.849. The van der Waals surface area contributed by atoms with E-state index in [1.54, 1.807) is 7.05 Å². The first-order valence-corrected chi connectivity index (χ1v) is 7.09. The van der Waals surface area contributed by atoms with E-state index in [-0.39, 0.29) is 18.2 Å². The molecule has 0 saturated heterocycles. The summed E-state index contributed by atoms with van der Waals surface area (Å²) in [6.45, 7) is 0.183. The van der Waals surface area contributed by atoms with Gasteiger partial charge >= 0.3 is 11.8 Å². The largest absolute Gasteiger partial charge is 0.481 e. The number of anilines is 1. The van der Waals surface area contributed by atoms with Crippen LogP contribution in [-0.4, -0.2) is 32.1 Å². The van der Waals surface area contributed by atoms with Gasteiger partial charge in [0.25, 0.3) is 0 Å². The lowest BCUT2D eigenvalue weighted by Crippen LogP contribution is -2.38. The number of nitrogens with zero attached hydrogens (tertiary/aromatic N) is 3. The van der Waals surface area contributed by atoms with Crippen molar-refractivity contribution in [3.05, 3.63) is 16.4 Å². The van der Waals surface area contributed by atoms with E-state index in [1.165, 1.54) is 10.9 Å². The second-order valence-electron chi connectivity index (χ2n) is 5.64. The summed E-state index contributed by atoms with van der Waals surface area (Å²) in [5.41, 5.74) is -0.853. The number of carboxylic acids is 1. The van der Waals surface area contributed by atoms with Gasteiger partial charge in [0.05, 0.1) is 5.41 Å². The van der Waals surface area contributed by atoms with Gasteiger partial charge in [0.1, 0.15) is 0 Å². The van der Waals surface area contributed by atoms with Crippen LogP contribution in [0.2, 0.25) is 0 Å². The van der Waals surface area contributed by atoms with Crippen LogP contribution in [0.4, 0.5) is 11.6 Å². The van der Waals surface area contributed by atoms with Gasteiger partial charge in [-0.05, 0) is 22.7 Å². The van der Waals surface area contributed by atoms with Crippen LogP contribution < -0.4 is 5.32 Å². The molecule has 0 bridgehead atoms. The SMILES string of the molecule is Cn1cnc([N+](=O)[O-])c1NCC1(C(=O)O)CCCCCC1. The second-order valence-corrected chi connectivity index (χ2v) is 5.64. The maximum absolute atomic E-state index is 11.7. The lowest BCUT2D eigenvalue weighted by atomic mass is 9.80. The lowest BCUT2D eigenvalue weighted by molar-refractivity contribution is -0.388. The number of nitrogens with one attached hydrogen (secondary N) is 1. The molecule has 1 fully saturated rings. The molecule has 116 valence electrons. The summed E-state index contributed by atoms with van der Waals surface area (Å²) in [4.78, 5) is 25.8. The number of imidazole rings is 1. The molecule has 21 heavy (non-hydrogen) atoms. The summed E-state index contributed by atoms with van der Waals surface area (Å²) in [6, 6.07) is 0. The Morgan fingerprint density at radius 2 is 2.10 bits per heavy atom. The van der Waals surface area contributed by atoms with Gasteiger partial charge < -0.3 is 20.5 Å². The molecule has 0 amide bonds. The van der Waals surface area contributed by atoms with E-state index in [0.717, 1.165) is 25.7 Å². The van der Waals surface area contributed by atoms with E-state index in [0.29, 0.717) is 12.8 Å². The number of hydrogen-bond acceptors (Lipinski definition) is 5. The molecule has 0 unspecified atom stereocenters. The van der Waals surface area contributed by atoms with E-state index in [1.807, 2.05) is 0 Å². The number of carbonyl (C=O) groups is 1. The molecule has 1 aliphatic carbocycles. The Balaban J connectivity index is 2.17. The van der Waals surface area contributed by atoms with Crippen LogP contribution in [-0.2, 0) is 11.8 Å². The van der Waals surface area contributed by atoms with E-state index in [2.05, 4.69) is 10.3 Å². The van der Waals surface area contributed by atoms with Gasteiger partial charge in [-0.25, -0.2) is 0 Å². The fourth-order valence-electron chi connectivity index (χ4n) is 2.88. The molecule has 0 atom stereocenters. The fourth-order valence-corrected chi connectivity index (χ4v) is 2.88. The molecule has 1 aromatic rings.